The van der Waals surface area contributed by atoms with Crippen molar-refractivity contribution < 1.29 is 13.9 Å². The number of ether oxygens (including phenoxy) is 1. The first-order valence-electron chi connectivity index (χ1n) is 8.39. The van der Waals surface area contributed by atoms with E-state index >= 15 is 0 Å². The smallest absolute Gasteiger partial charge is 0.315 e. The van der Waals surface area contributed by atoms with E-state index < -0.39 is 0 Å². The average molecular weight is 306 g/mol. The quantitative estimate of drug-likeness (QED) is 0.899. The maximum absolute atomic E-state index is 12.2. The van der Waals surface area contributed by atoms with E-state index in [1.54, 1.807) is 6.26 Å². The first kappa shape index (κ1) is 15.4. The molecular weight excluding hydrogens is 280 g/mol. The molecule has 3 rings (SSSR count). The Bertz CT molecular complexity index is 480. The predicted molar refractivity (Wildman–Crippen MR) is 83.7 cm³/mol. The molecule has 1 aromatic rings. The van der Waals surface area contributed by atoms with E-state index in [-0.39, 0.29) is 23.7 Å². The highest BCUT2D eigenvalue weighted by Crippen LogP contribution is 2.39. The van der Waals surface area contributed by atoms with E-state index in [1.807, 2.05) is 19.1 Å². The summed E-state index contributed by atoms with van der Waals surface area (Å²) in [5.74, 6) is 0.892. The maximum atomic E-state index is 12.2. The van der Waals surface area contributed by atoms with Gasteiger partial charge in [0.15, 0.2) is 0 Å². The number of hydrogen-bond acceptors (Lipinski definition) is 3. The molecule has 22 heavy (non-hydrogen) atoms. The molecule has 0 radical (unpaired) electrons. The summed E-state index contributed by atoms with van der Waals surface area (Å²) in [6.07, 6.45) is 9.00. The number of urea groups is 1. The summed E-state index contributed by atoms with van der Waals surface area (Å²) in [4.78, 5) is 12.2. The van der Waals surface area contributed by atoms with Gasteiger partial charge in [0.25, 0.3) is 0 Å². The van der Waals surface area contributed by atoms with Crippen molar-refractivity contribution in [2.45, 2.75) is 69.6 Å². The molecule has 2 N–H and O–H groups in total. The largest absolute Gasteiger partial charge is 0.469 e. The van der Waals surface area contributed by atoms with Crippen molar-refractivity contribution in [3.8, 4) is 0 Å². The van der Waals surface area contributed by atoms with Crippen LogP contribution in [0.15, 0.2) is 22.8 Å². The summed E-state index contributed by atoms with van der Waals surface area (Å²) < 4.78 is 11.3. The Morgan fingerprint density at radius 3 is 3.00 bits per heavy atom. The van der Waals surface area contributed by atoms with Gasteiger partial charge < -0.3 is 19.8 Å². The molecule has 5 heteroatoms. The molecule has 2 fully saturated rings. The maximum Gasteiger partial charge on any atom is 0.315 e. The van der Waals surface area contributed by atoms with Crippen molar-refractivity contribution in [1.82, 2.24) is 10.6 Å². The average Bonchev–Trinajstić information content (AvgIpc) is 3.11. The Hall–Kier alpha value is -1.49. The van der Waals surface area contributed by atoms with Crippen molar-refractivity contribution in [2.24, 2.45) is 0 Å². The van der Waals surface area contributed by atoms with Gasteiger partial charge in [-0.05, 0) is 44.7 Å². The van der Waals surface area contributed by atoms with Crippen LogP contribution in [0.25, 0.3) is 0 Å². The molecule has 0 bridgehead atoms. The van der Waals surface area contributed by atoms with Crippen molar-refractivity contribution >= 4 is 6.03 Å². The van der Waals surface area contributed by atoms with Crippen LogP contribution < -0.4 is 10.6 Å². The second-order valence-corrected chi connectivity index (χ2v) is 6.73. The van der Waals surface area contributed by atoms with E-state index in [0.717, 1.165) is 38.1 Å². The van der Waals surface area contributed by atoms with E-state index in [1.165, 1.54) is 12.8 Å². The minimum absolute atomic E-state index is 0.0377. The number of hydrogen-bond donors (Lipinski definition) is 2. The Labute approximate surface area is 131 Å². The molecule has 2 aliphatic rings. The van der Waals surface area contributed by atoms with Crippen LogP contribution in [0.4, 0.5) is 4.79 Å². The van der Waals surface area contributed by atoms with Gasteiger partial charge in [-0.25, -0.2) is 4.79 Å². The lowest BCUT2D eigenvalue weighted by atomic mass is 9.89. The van der Waals surface area contributed by atoms with Crippen LogP contribution in [0, 0.1) is 0 Å². The van der Waals surface area contributed by atoms with Crippen LogP contribution in [0.3, 0.4) is 0 Å². The second-order valence-electron chi connectivity index (χ2n) is 6.73. The summed E-state index contributed by atoms with van der Waals surface area (Å²) >= 11 is 0. The Kier molecular flexibility index (Phi) is 4.71. The topological polar surface area (TPSA) is 63.5 Å². The van der Waals surface area contributed by atoms with Crippen LogP contribution >= 0.6 is 0 Å². The molecule has 1 spiro atoms. The van der Waals surface area contributed by atoms with Crippen LogP contribution in [0.2, 0.25) is 0 Å². The lowest BCUT2D eigenvalue weighted by Crippen LogP contribution is -2.51. The fourth-order valence-electron chi connectivity index (χ4n) is 3.75. The lowest BCUT2D eigenvalue weighted by Gasteiger charge is -2.38. The molecule has 5 nitrogen and oxygen atoms in total. The molecule has 2 heterocycles. The molecule has 122 valence electrons. The van der Waals surface area contributed by atoms with Crippen LogP contribution in [-0.2, 0) is 11.2 Å². The summed E-state index contributed by atoms with van der Waals surface area (Å²) in [6, 6.07) is 3.98. The molecule has 2 amide bonds. The highest BCUT2D eigenvalue weighted by molar-refractivity contribution is 5.74. The molecule has 1 saturated heterocycles. The highest BCUT2D eigenvalue weighted by Gasteiger charge is 2.40. The van der Waals surface area contributed by atoms with Gasteiger partial charge in [0.2, 0.25) is 0 Å². The van der Waals surface area contributed by atoms with Gasteiger partial charge in [-0.3, -0.25) is 0 Å². The number of carbonyl (C=O) groups is 1. The highest BCUT2D eigenvalue weighted by atomic mass is 16.5. The van der Waals surface area contributed by atoms with Gasteiger partial charge in [-0.2, -0.15) is 0 Å². The van der Waals surface area contributed by atoms with Gasteiger partial charge in [0.05, 0.1) is 11.9 Å². The molecule has 2 atom stereocenters. The third-order valence-corrected chi connectivity index (χ3v) is 4.81. The summed E-state index contributed by atoms with van der Waals surface area (Å²) in [7, 11) is 0. The summed E-state index contributed by atoms with van der Waals surface area (Å²) in [6.45, 7) is 2.75. The van der Waals surface area contributed by atoms with Crippen LogP contribution in [-0.4, -0.2) is 30.3 Å². The van der Waals surface area contributed by atoms with Gasteiger partial charge in [0, 0.05) is 25.1 Å². The van der Waals surface area contributed by atoms with Crippen molar-refractivity contribution in [1.29, 1.82) is 0 Å². The fraction of sp³-hybridized carbons (Fsp3) is 0.706. The van der Waals surface area contributed by atoms with Crippen molar-refractivity contribution in [3.63, 3.8) is 0 Å². The Balaban J connectivity index is 1.45. The SMILES string of the molecule is C[C@H](Cc1ccco1)NC(=O)N[C@H]1CCOC2(CCCC2)C1. The number of nitrogens with one attached hydrogen (secondary N) is 2. The van der Waals surface area contributed by atoms with Crippen molar-refractivity contribution in [2.75, 3.05) is 6.61 Å². The molecule has 1 aromatic heterocycles. The third-order valence-electron chi connectivity index (χ3n) is 4.81. The standard InChI is InChI=1S/C17H26N2O3/c1-13(11-15-5-4-9-21-15)18-16(20)19-14-6-10-22-17(12-14)7-2-3-8-17/h4-5,9,13-14H,2-3,6-8,10-12H2,1H3,(H2,18,19,20)/t13-,14+/m1/s1. The third kappa shape index (κ3) is 3.83. The fourth-order valence-corrected chi connectivity index (χ4v) is 3.75. The lowest BCUT2D eigenvalue weighted by molar-refractivity contribution is -0.0820. The molecule has 1 saturated carbocycles. The number of furan rings is 1. The minimum Gasteiger partial charge on any atom is -0.469 e. The van der Waals surface area contributed by atoms with Crippen LogP contribution in [0.1, 0.15) is 51.2 Å². The molecular formula is C17H26N2O3. The summed E-state index contributed by atoms with van der Waals surface area (Å²) in [5.41, 5.74) is 0.0377. The Morgan fingerprint density at radius 1 is 1.45 bits per heavy atom. The van der Waals surface area contributed by atoms with E-state index in [0.29, 0.717) is 6.42 Å². The first-order valence-corrected chi connectivity index (χ1v) is 8.39. The summed E-state index contributed by atoms with van der Waals surface area (Å²) in [5, 5.41) is 6.11. The van der Waals surface area contributed by atoms with Crippen LogP contribution in [0.5, 0.6) is 0 Å². The van der Waals surface area contributed by atoms with Crippen molar-refractivity contribution in [3.05, 3.63) is 24.2 Å². The zero-order valence-corrected chi connectivity index (χ0v) is 13.3. The van der Waals surface area contributed by atoms with E-state index in [9.17, 15) is 4.79 Å². The number of rotatable bonds is 4. The zero-order valence-electron chi connectivity index (χ0n) is 13.3. The van der Waals surface area contributed by atoms with Gasteiger partial charge in [0.1, 0.15) is 5.76 Å². The van der Waals surface area contributed by atoms with Gasteiger partial charge in [-0.15, -0.1) is 0 Å². The number of amides is 2. The monoisotopic (exact) mass is 306 g/mol. The Morgan fingerprint density at radius 2 is 2.27 bits per heavy atom. The normalized spacial score (nSPS) is 25.0. The van der Waals surface area contributed by atoms with Gasteiger partial charge >= 0.3 is 6.03 Å². The zero-order chi connectivity index (χ0) is 15.4. The number of carbonyl (C=O) groups excluding carboxylic acids is 1. The first-order chi connectivity index (χ1) is 10.7. The minimum atomic E-state index is -0.0842. The van der Waals surface area contributed by atoms with Gasteiger partial charge in [-0.1, -0.05) is 12.8 Å². The predicted octanol–water partition coefficient (Wildman–Crippen LogP) is 3.00. The van der Waals surface area contributed by atoms with E-state index in [2.05, 4.69) is 10.6 Å². The molecule has 1 aliphatic carbocycles. The molecule has 0 aromatic carbocycles. The second kappa shape index (κ2) is 6.73. The van der Waals surface area contributed by atoms with E-state index in [4.69, 9.17) is 9.15 Å². The molecule has 0 unspecified atom stereocenters. The molecule has 1 aliphatic heterocycles.